The Morgan fingerprint density at radius 2 is 1.79 bits per heavy atom. The van der Waals surface area contributed by atoms with E-state index in [4.69, 9.17) is 9.47 Å². The largest absolute Gasteiger partial charge is 0.497 e. The molecule has 2 aromatic rings. The van der Waals surface area contributed by atoms with Crippen LogP contribution < -0.4 is 14.8 Å². The summed E-state index contributed by atoms with van der Waals surface area (Å²) in [6.07, 6.45) is 0. The fourth-order valence-electron chi connectivity index (χ4n) is 1.63. The quantitative estimate of drug-likeness (QED) is 0.865. The third-order valence-corrected chi connectivity index (χ3v) is 2.62. The van der Waals surface area contributed by atoms with Gasteiger partial charge in [-0.15, -0.1) is 0 Å². The number of nitrogens with one attached hydrogen (secondary N) is 1. The smallest absolute Gasteiger partial charge is 0.219 e. The van der Waals surface area contributed by atoms with Crippen molar-refractivity contribution in [2.75, 3.05) is 13.7 Å². The summed E-state index contributed by atoms with van der Waals surface area (Å²) in [7, 11) is 1.64. The van der Waals surface area contributed by atoms with Crippen molar-refractivity contribution in [1.29, 1.82) is 0 Å². The lowest BCUT2D eigenvalue weighted by Gasteiger charge is -2.07. The topological polar surface area (TPSA) is 43.4 Å². The van der Waals surface area contributed by atoms with E-state index in [0.29, 0.717) is 5.88 Å². The Morgan fingerprint density at radius 1 is 1.05 bits per heavy atom. The lowest BCUT2D eigenvalue weighted by atomic mass is 10.3. The van der Waals surface area contributed by atoms with Crippen molar-refractivity contribution in [3.05, 3.63) is 48.2 Å². The first-order chi connectivity index (χ1) is 9.31. The molecule has 1 aromatic carbocycles. The van der Waals surface area contributed by atoms with Gasteiger partial charge in [-0.1, -0.05) is 13.0 Å². The van der Waals surface area contributed by atoms with E-state index in [1.165, 1.54) is 0 Å². The molecule has 0 radical (unpaired) electrons. The summed E-state index contributed by atoms with van der Waals surface area (Å²) in [5, 5.41) is 3.24. The molecule has 1 aromatic heterocycles. The third kappa shape index (κ3) is 3.96. The molecule has 0 saturated carbocycles. The first-order valence-corrected chi connectivity index (χ1v) is 6.30. The van der Waals surface area contributed by atoms with Gasteiger partial charge in [-0.2, -0.15) is 0 Å². The van der Waals surface area contributed by atoms with Gasteiger partial charge in [0.1, 0.15) is 11.5 Å². The number of benzene rings is 1. The van der Waals surface area contributed by atoms with E-state index in [0.717, 1.165) is 30.3 Å². The Kier molecular flexibility index (Phi) is 4.75. The number of nitrogens with zero attached hydrogens (tertiary/aromatic N) is 1. The Balaban J connectivity index is 2.05. The van der Waals surface area contributed by atoms with Gasteiger partial charge in [0.15, 0.2) is 0 Å². The molecule has 2 rings (SSSR count). The van der Waals surface area contributed by atoms with Crippen LogP contribution in [0.1, 0.15) is 12.6 Å². The zero-order valence-corrected chi connectivity index (χ0v) is 11.2. The molecule has 0 bridgehead atoms. The van der Waals surface area contributed by atoms with Gasteiger partial charge in [-0.25, -0.2) is 4.98 Å². The molecule has 4 heteroatoms. The zero-order chi connectivity index (χ0) is 13.5. The molecule has 1 N–H and O–H groups in total. The maximum Gasteiger partial charge on any atom is 0.219 e. The lowest BCUT2D eigenvalue weighted by Crippen LogP contribution is -2.12. The van der Waals surface area contributed by atoms with E-state index < -0.39 is 0 Å². The summed E-state index contributed by atoms with van der Waals surface area (Å²) in [5.41, 5.74) is 0.966. The molecular weight excluding hydrogens is 240 g/mol. The van der Waals surface area contributed by atoms with Crippen LogP contribution in [0.3, 0.4) is 0 Å². The van der Waals surface area contributed by atoms with Gasteiger partial charge in [0, 0.05) is 12.6 Å². The summed E-state index contributed by atoms with van der Waals surface area (Å²) in [4.78, 5) is 4.43. The molecule has 0 fully saturated rings. The van der Waals surface area contributed by atoms with E-state index in [9.17, 15) is 0 Å². The number of pyridine rings is 1. The Hall–Kier alpha value is -2.07. The Bertz CT molecular complexity index is 512. The van der Waals surface area contributed by atoms with Crippen LogP contribution in [-0.4, -0.2) is 18.6 Å². The van der Waals surface area contributed by atoms with Crippen molar-refractivity contribution in [1.82, 2.24) is 10.3 Å². The molecule has 1 heterocycles. The summed E-state index contributed by atoms with van der Waals surface area (Å²) in [6, 6.07) is 13.2. The second kappa shape index (κ2) is 6.75. The number of aromatic nitrogens is 1. The van der Waals surface area contributed by atoms with E-state index >= 15 is 0 Å². The van der Waals surface area contributed by atoms with Crippen molar-refractivity contribution in [2.24, 2.45) is 0 Å². The molecule has 0 atom stereocenters. The molecule has 0 aliphatic rings. The monoisotopic (exact) mass is 258 g/mol. The molecule has 0 spiro atoms. The molecule has 0 aliphatic heterocycles. The predicted molar refractivity (Wildman–Crippen MR) is 74.7 cm³/mol. The highest BCUT2D eigenvalue weighted by atomic mass is 16.5. The molecule has 0 amide bonds. The van der Waals surface area contributed by atoms with Crippen LogP contribution in [0.4, 0.5) is 0 Å². The van der Waals surface area contributed by atoms with Crippen LogP contribution >= 0.6 is 0 Å². The molecule has 4 nitrogen and oxygen atoms in total. The highest BCUT2D eigenvalue weighted by Crippen LogP contribution is 2.22. The molecule has 0 saturated heterocycles. The first kappa shape index (κ1) is 13.4. The summed E-state index contributed by atoms with van der Waals surface area (Å²) in [6.45, 7) is 3.74. The van der Waals surface area contributed by atoms with E-state index in [2.05, 4.69) is 17.2 Å². The van der Waals surface area contributed by atoms with E-state index in [1.54, 1.807) is 7.11 Å². The van der Waals surface area contributed by atoms with Crippen LogP contribution in [0.2, 0.25) is 0 Å². The Morgan fingerprint density at radius 3 is 2.47 bits per heavy atom. The highest BCUT2D eigenvalue weighted by Gasteiger charge is 2.01. The SMILES string of the molecule is CCNCc1cccc(Oc2ccc(OC)cc2)n1. The van der Waals surface area contributed by atoms with Gasteiger partial charge in [-0.05, 0) is 36.9 Å². The minimum Gasteiger partial charge on any atom is -0.497 e. The van der Waals surface area contributed by atoms with Gasteiger partial charge in [-0.3, -0.25) is 0 Å². The second-order valence-corrected chi connectivity index (χ2v) is 4.03. The number of rotatable bonds is 6. The summed E-state index contributed by atoms with van der Waals surface area (Å²) in [5.74, 6) is 2.15. The standard InChI is InChI=1S/C15H18N2O2/c1-3-16-11-12-5-4-6-15(17-12)19-14-9-7-13(18-2)8-10-14/h4-10,16H,3,11H2,1-2H3. The Labute approximate surface area is 113 Å². The fourth-order valence-corrected chi connectivity index (χ4v) is 1.63. The third-order valence-electron chi connectivity index (χ3n) is 2.62. The molecule has 0 aliphatic carbocycles. The lowest BCUT2D eigenvalue weighted by molar-refractivity contribution is 0.412. The van der Waals surface area contributed by atoms with Gasteiger partial charge >= 0.3 is 0 Å². The maximum absolute atomic E-state index is 5.70. The average molecular weight is 258 g/mol. The van der Waals surface area contributed by atoms with Crippen molar-refractivity contribution < 1.29 is 9.47 Å². The number of hydrogen-bond donors (Lipinski definition) is 1. The van der Waals surface area contributed by atoms with Crippen LogP contribution in [0.15, 0.2) is 42.5 Å². The predicted octanol–water partition coefficient (Wildman–Crippen LogP) is 2.99. The summed E-state index contributed by atoms with van der Waals surface area (Å²) < 4.78 is 10.8. The molecule has 100 valence electrons. The molecule has 0 unspecified atom stereocenters. The number of ether oxygens (including phenoxy) is 2. The van der Waals surface area contributed by atoms with Gasteiger partial charge < -0.3 is 14.8 Å². The minimum atomic E-state index is 0.598. The van der Waals surface area contributed by atoms with Gasteiger partial charge in [0.05, 0.1) is 12.8 Å². The highest BCUT2D eigenvalue weighted by molar-refractivity contribution is 5.33. The van der Waals surface area contributed by atoms with Crippen molar-refractivity contribution in [3.63, 3.8) is 0 Å². The van der Waals surface area contributed by atoms with Crippen LogP contribution in [0.25, 0.3) is 0 Å². The number of hydrogen-bond acceptors (Lipinski definition) is 4. The second-order valence-electron chi connectivity index (χ2n) is 4.03. The van der Waals surface area contributed by atoms with Crippen molar-refractivity contribution in [3.8, 4) is 17.4 Å². The average Bonchev–Trinajstić information content (AvgIpc) is 2.46. The van der Waals surface area contributed by atoms with E-state index in [-0.39, 0.29) is 0 Å². The summed E-state index contributed by atoms with van der Waals surface area (Å²) >= 11 is 0. The molecular formula is C15H18N2O2. The minimum absolute atomic E-state index is 0.598. The fraction of sp³-hybridized carbons (Fsp3) is 0.267. The first-order valence-electron chi connectivity index (χ1n) is 6.30. The zero-order valence-electron chi connectivity index (χ0n) is 11.2. The van der Waals surface area contributed by atoms with Crippen molar-refractivity contribution >= 4 is 0 Å². The van der Waals surface area contributed by atoms with Crippen LogP contribution in [-0.2, 0) is 6.54 Å². The van der Waals surface area contributed by atoms with E-state index in [1.807, 2.05) is 42.5 Å². The van der Waals surface area contributed by atoms with Crippen LogP contribution in [0, 0.1) is 0 Å². The molecule has 19 heavy (non-hydrogen) atoms. The normalized spacial score (nSPS) is 10.2. The van der Waals surface area contributed by atoms with Gasteiger partial charge in [0.25, 0.3) is 0 Å². The maximum atomic E-state index is 5.70. The van der Waals surface area contributed by atoms with Crippen LogP contribution in [0.5, 0.6) is 17.4 Å². The van der Waals surface area contributed by atoms with Gasteiger partial charge in [0.2, 0.25) is 5.88 Å². The number of methoxy groups -OCH3 is 1. The van der Waals surface area contributed by atoms with Crippen molar-refractivity contribution in [2.45, 2.75) is 13.5 Å².